The maximum absolute atomic E-state index is 4.70. The number of aromatic nitrogens is 1. The zero-order valence-electron chi connectivity index (χ0n) is 14.0. The Kier molecular flexibility index (Phi) is 4.53. The van der Waals surface area contributed by atoms with Gasteiger partial charge in [0, 0.05) is 18.5 Å². The van der Waals surface area contributed by atoms with Crippen LogP contribution in [0, 0.1) is 0 Å². The van der Waals surface area contributed by atoms with Crippen LogP contribution in [0.15, 0.2) is 91.0 Å². The molecule has 0 bridgehead atoms. The molecule has 3 aromatic carbocycles. The Morgan fingerprint density at radius 2 is 1.32 bits per heavy atom. The fourth-order valence-electron chi connectivity index (χ4n) is 2.99. The Morgan fingerprint density at radius 1 is 0.600 bits per heavy atom. The molecule has 1 N–H and O–H groups in total. The number of hydrogen-bond acceptors (Lipinski definition) is 2. The Hall–Kier alpha value is -2.97. The second-order valence-electron chi connectivity index (χ2n) is 6.16. The first-order valence-electron chi connectivity index (χ1n) is 8.58. The lowest BCUT2D eigenvalue weighted by Crippen LogP contribution is -2.13. The number of pyridine rings is 1. The van der Waals surface area contributed by atoms with E-state index < -0.39 is 0 Å². The number of nitrogens with one attached hydrogen (secondary N) is 1. The number of para-hydroxylation sites is 1. The summed E-state index contributed by atoms with van der Waals surface area (Å²) in [6.45, 7) is 1.61. The lowest BCUT2D eigenvalue weighted by Gasteiger charge is -2.07. The minimum Gasteiger partial charge on any atom is -0.307 e. The molecule has 4 aromatic rings. The van der Waals surface area contributed by atoms with Crippen molar-refractivity contribution >= 4 is 10.9 Å². The summed E-state index contributed by atoms with van der Waals surface area (Å²) in [5, 5.41) is 4.66. The molecule has 0 aliphatic rings. The zero-order valence-corrected chi connectivity index (χ0v) is 14.0. The quantitative estimate of drug-likeness (QED) is 0.546. The number of hydrogen-bond donors (Lipinski definition) is 1. The van der Waals surface area contributed by atoms with Crippen LogP contribution in [0.5, 0.6) is 0 Å². The van der Waals surface area contributed by atoms with Gasteiger partial charge in [-0.25, -0.2) is 0 Å². The topological polar surface area (TPSA) is 24.9 Å². The molecule has 0 spiro atoms. The molecule has 0 amide bonds. The highest BCUT2D eigenvalue weighted by Gasteiger charge is 2.00. The van der Waals surface area contributed by atoms with E-state index >= 15 is 0 Å². The van der Waals surface area contributed by atoms with Gasteiger partial charge in [-0.15, -0.1) is 0 Å². The van der Waals surface area contributed by atoms with Gasteiger partial charge in [0.05, 0.1) is 11.2 Å². The fraction of sp³-hybridized carbons (Fsp3) is 0.0870. The number of nitrogens with zero attached hydrogens (tertiary/aromatic N) is 1. The molecule has 0 fully saturated rings. The molecular weight excluding hydrogens is 304 g/mol. The van der Waals surface area contributed by atoms with E-state index in [4.69, 9.17) is 4.98 Å². The average Bonchev–Trinajstić information content (AvgIpc) is 2.69. The molecule has 122 valence electrons. The van der Waals surface area contributed by atoms with Gasteiger partial charge >= 0.3 is 0 Å². The van der Waals surface area contributed by atoms with Crippen molar-refractivity contribution in [2.75, 3.05) is 0 Å². The number of benzene rings is 3. The summed E-state index contributed by atoms with van der Waals surface area (Å²) in [4.78, 5) is 4.70. The smallest absolute Gasteiger partial charge is 0.0705 e. The Morgan fingerprint density at radius 3 is 2.16 bits per heavy atom. The van der Waals surface area contributed by atoms with Gasteiger partial charge < -0.3 is 5.32 Å². The van der Waals surface area contributed by atoms with Crippen molar-refractivity contribution in [2.24, 2.45) is 0 Å². The monoisotopic (exact) mass is 324 g/mol. The predicted octanol–water partition coefficient (Wildman–Crippen LogP) is 5.19. The summed E-state index contributed by atoms with van der Waals surface area (Å²) >= 11 is 0. The molecule has 2 nitrogen and oxygen atoms in total. The van der Waals surface area contributed by atoms with E-state index in [1.165, 1.54) is 22.1 Å². The van der Waals surface area contributed by atoms with Crippen LogP contribution < -0.4 is 5.32 Å². The summed E-state index contributed by atoms with van der Waals surface area (Å²) in [5.41, 5.74) is 5.90. The van der Waals surface area contributed by atoms with Gasteiger partial charge in [0.25, 0.3) is 0 Å². The molecule has 0 saturated carbocycles. The molecule has 0 radical (unpaired) electrons. The second-order valence-corrected chi connectivity index (χ2v) is 6.16. The van der Waals surface area contributed by atoms with Gasteiger partial charge in [-0.2, -0.15) is 0 Å². The number of fused-ring (bicyclic) bond motifs is 1. The Labute approximate surface area is 148 Å². The predicted molar refractivity (Wildman–Crippen MR) is 104 cm³/mol. The Bertz CT molecular complexity index is 960. The van der Waals surface area contributed by atoms with Crippen molar-refractivity contribution in [1.82, 2.24) is 10.3 Å². The van der Waals surface area contributed by atoms with Gasteiger partial charge in [-0.1, -0.05) is 78.9 Å². The van der Waals surface area contributed by atoms with Crippen LogP contribution in [0.4, 0.5) is 0 Å². The van der Waals surface area contributed by atoms with Crippen molar-refractivity contribution < 1.29 is 0 Å². The van der Waals surface area contributed by atoms with Crippen molar-refractivity contribution in [3.63, 3.8) is 0 Å². The zero-order chi connectivity index (χ0) is 16.9. The third kappa shape index (κ3) is 3.76. The second kappa shape index (κ2) is 7.29. The molecule has 1 heterocycles. The summed E-state index contributed by atoms with van der Waals surface area (Å²) in [6, 6.07) is 31.6. The lowest BCUT2D eigenvalue weighted by atomic mass is 10.0. The average molecular weight is 324 g/mol. The highest BCUT2D eigenvalue weighted by Crippen LogP contribution is 2.19. The van der Waals surface area contributed by atoms with Crippen LogP contribution >= 0.6 is 0 Å². The third-order valence-electron chi connectivity index (χ3n) is 4.35. The highest BCUT2D eigenvalue weighted by atomic mass is 14.9. The molecule has 0 unspecified atom stereocenters. The van der Waals surface area contributed by atoms with E-state index in [2.05, 4.69) is 78.1 Å². The normalized spacial score (nSPS) is 10.9. The molecule has 0 aliphatic carbocycles. The van der Waals surface area contributed by atoms with E-state index in [-0.39, 0.29) is 0 Å². The van der Waals surface area contributed by atoms with Crippen LogP contribution in [0.3, 0.4) is 0 Å². The molecule has 0 atom stereocenters. The molecule has 4 rings (SSSR count). The molecule has 0 saturated heterocycles. The van der Waals surface area contributed by atoms with Crippen LogP contribution in [0.25, 0.3) is 22.0 Å². The first kappa shape index (κ1) is 15.6. The van der Waals surface area contributed by atoms with Gasteiger partial charge in [0.1, 0.15) is 0 Å². The Balaban J connectivity index is 1.38. The first-order chi connectivity index (χ1) is 12.4. The van der Waals surface area contributed by atoms with Gasteiger partial charge in [0.15, 0.2) is 0 Å². The van der Waals surface area contributed by atoms with Gasteiger partial charge in [-0.3, -0.25) is 4.98 Å². The van der Waals surface area contributed by atoms with Crippen LogP contribution in [-0.4, -0.2) is 4.98 Å². The van der Waals surface area contributed by atoms with Crippen molar-refractivity contribution in [3.8, 4) is 11.1 Å². The van der Waals surface area contributed by atoms with Crippen LogP contribution in [-0.2, 0) is 13.1 Å². The standard InChI is InChI=1S/C23H20N2/c1-2-6-19(7-3-1)20-12-10-18(11-13-20)16-24-17-22-15-14-21-8-4-5-9-23(21)25-22/h1-15,24H,16-17H2. The van der Waals surface area contributed by atoms with Crippen LogP contribution in [0.2, 0.25) is 0 Å². The van der Waals surface area contributed by atoms with E-state index in [1.54, 1.807) is 0 Å². The van der Waals surface area contributed by atoms with Gasteiger partial charge in [-0.05, 0) is 28.8 Å². The molecular formula is C23H20N2. The third-order valence-corrected chi connectivity index (χ3v) is 4.35. The molecule has 2 heteroatoms. The van der Waals surface area contributed by atoms with E-state index in [0.29, 0.717) is 0 Å². The molecule has 0 aliphatic heterocycles. The van der Waals surface area contributed by atoms with E-state index in [0.717, 1.165) is 24.3 Å². The van der Waals surface area contributed by atoms with Crippen molar-refractivity contribution in [1.29, 1.82) is 0 Å². The maximum Gasteiger partial charge on any atom is 0.0705 e. The summed E-state index contributed by atoms with van der Waals surface area (Å²) in [5.74, 6) is 0. The first-order valence-corrected chi connectivity index (χ1v) is 8.58. The fourth-order valence-corrected chi connectivity index (χ4v) is 2.99. The van der Waals surface area contributed by atoms with Crippen molar-refractivity contribution in [2.45, 2.75) is 13.1 Å². The minimum atomic E-state index is 0.769. The van der Waals surface area contributed by atoms with Crippen LogP contribution in [0.1, 0.15) is 11.3 Å². The van der Waals surface area contributed by atoms with Crippen molar-refractivity contribution in [3.05, 3.63) is 102 Å². The SMILES string of the molecule is c1ccc(-c2ccc(CNCc3ccc4ccccc4n3)cc2)cc1. The highest BCUT2D eigenvalue weighted by molar-refractivity contribution is 5.78. The lowest BCUT2D eigenvalue weighted by molar-refractivity contribution is 0.682. The summed E-state index contributed by atoms with van der Waals surface area (Å²) in [7, 11) is 0. The number of rotatable bonds is 5. The minimum absolute atomic E-state index is 0.769. The van der Waals surface area contributed by atoms with E-state index in [1.807, 2.05) is 18.2 Å². The van der Waals surface area contributed by atoms with Gasteiger partial charge in [0.2, 0.25) is 0 Å². The molecule has 1 aromatic heterocycles. The summed E-state index contributed by atoms with van der Waals surface area (Å²) < 4.78 is 0. The summed E-state index contributed by atoms with van der Waals surface area (Å²) in [6.07, 6.45) is 0. The largest absolute Gasteiger partial charge is 0.307 e. The maximum atomic E-state index is 4.70. The van der Waals surface area contributed by atoms with E-state index in [9.17, 15) is 0 Å². The molecule has 25 heavy (non-hydrogen) atoms.